The van der Waals surface area contributed by atoms with Crippen LogP contribution in [-0.4, -0.2) is 31.9 Å². The van der Waals surface area contributed by atoms with Crippen molar-refractivity contribution >= 4 is 17.7 Å². The van der Waals surface area contributed by atoms with Gasteiger partial charge in [-0.1, -0.05) is 29.7 Å². The summed E-state index contributed by atoms with van der Waals surface area (Å²) in [5, 5.41) is 0. The Kier molecular flexibility index (Phi) is 5.05. The van der Waals surface area contributed by atoms with Gasteiger partial charge < -0.3 is 9.47 Å². The maximum absolute atomic E-state index is 12.4. The number of carbonyl (C=O) groups excluding carboxylic acids is 3. The van der Waals surface area contributed by atoms with Gasteiger partial charge in [0.25, 0.3) is 0 Å². The lowest BCUT2D eigenvalue weighted by molar-refractivity contribution is -0.168. The van der Waals surface area contributed by atoms with Crippen LogP contribution in [0.4, 0.5) is 0 Å². The summed E-state index contributed by atoms with van der Waals surface area (Å²) < 4.78 is 9.70. The minimum atomic E-state index is -1.53. The van der Waals surface area contributed by atoms with Gasteiger partial charge in [0.05, 0.1) is 14.2 Å². The van der Waals surface area contributed by atoms with Crippen molar-refractivity contribution in [3.8, 4) is 11.8 Å². The van der Waals surface area contributed by atoms with Crippen LogP contribution in [0.25, 0.3) is 0 Å². The van der Waals surface area contributed by atoms with Crippen LogP contribution in [0.15, 0.2) is 23.8 Å². The van der Waals surface area contributed by atoms with E-state index >= 15 is 0 Å². The second-order valence-corrected chi connectivity index (χ2v) is 5.91. The Morgan fingerprint density at radius 1 is 1.22 bits per heavy atom. The average Bonchev–Trinajstić information content (AvgIpc) is 3.14. The smallest absolute Gasteiger partial charge is 0.324 e. The minimum absolute atomic E-state index is 0.107. The van der Waals surface area contributed by atoms with Gasteiger partial charge in [-0.15, -0.1) is 0 Å². The van der Waals surface area contributed by atoms with Gasteiger partial charge in [0, 0.05) is 13.3 Å². The lowest BCUT2D eigenvalue weighted by Crippen LogP contribution is -2.41. The normalized spacial score (nSPS) is 21.3. The van der Waals surface area contributed by atoms with Crippen molar-refractivity contribution in [3.63, 3.8) is 0 Å². The van der Waals surface area contributed by atoms with E-state index in [0.717, 1.165) is 12.0 Å². The number of rotatable bonds is 5. The zero-order valence-corrected chi connectivity index (χ0v) is 13.5. The maximum atomic E-state index is 12.4. The first-order valence-electron chi connectivity index (χ1n) is 7.48. The van der Waals surface area contributed by atoms with Crippen LogP contribution in [0, 0.1) is 29.1 Å². The molecule has 2 atom stereocenters. The molecule has 0 fully saturated rings. The molecular weight excluding hydrogens is 296 g/mol. The Morgan fingerprint density at radius 3 is 2.30 bits per heavy atom. The molecule has 0 saturated carbocycles. The standard InChI is InChI=1S/C18H20O5/c1-12(19)5-4-8-18(16(20)22-2,17(21)23-3)11-15-10-13-6-7-14(15)9-13/h6-7,10,13-14H,8-9,11H2,1-3H3. The number of hydrogen-bond acceptors (Lipinski definition) is 5. The van der Waals surface area contributed by atoms with Crippen molar-refractivity contribution in [2.75, 3.05) is 14.2 Å². The molecule has 0 heterocycles. The molecule has 2 aliphatic rings. The largest absolute Gasteiger partial charge is 0.468 e. The van der Waals surface area contributed by atoms with E-state index in [4.69, 9.17) is 9.47 Å². The first-order valence-corrected chi connectivity index (χ1v) is 7.48. The molecule has 0 N–H and O–H groups in total. The second kappa shape index (κ2) is 6.82. The van der Waals surface area contributed by atoms with Crippen molar-refractivity contribution < 1.29 is 23.9 Å². The molecule has 5 nitrogen and oxygen atoms in total. The Labute approximate surface area is 135 Å². The maximum Gasteiger partial charge on any atom is 0.324 e. The second-order valence-electron chi connectivity index (χ2n) is 5.91. The van der Waals surface area contributed by atoms with Crippen LogP contribution in [0.5, 0.6) is 0 Å². The SMILES string of the molecule is COC(=O)C(CC#CC(C)=O)(CC1=CC2C=CC1C2)C(=O)OC. The summed E-state index contributed by atoms with van der Waals surface area (Å²) in [6.07, 6.45) is 7.38. The van der Waals surface area contributed by atoms with E-state index in [1.165, 1.54) is 21.1 Å². The Hall–Kier alpha value is -2.35. The predicted octanol–water partition coefficient (Wildman–Crippen LogP) is 1.82. The zero-order valence-electron chi connectivity index (χ0n) is 13.5. The highest BCUT2D eigenvalue weighted by atomic mass is 16.5. The van der Waals surface area contributed by atoms with E-state index in [1.807, 2.05) is 0 Å². The third-order valence-electron chi connectivity index (χ3n) is 4.33. The van der Waals surface area contributed by atoms with Gasteiger partial charge in [0.2, 0.25) is 5.78 Å². The molecule has 2 unspecified atom stereocenters. The molecule has 122 valence electrons. The molecule has 0 aromatic heterocycles. The highest BCUT2D eigenvalue weighted by molar-refractivity contribution is 6.01. The van der Waals surface area contributed by atoms with Crippen molar-refractivity contribution in [1.82, 2.24) is 0 Å². The van der Waals surface area contributed by atoms with Crippen molar-refractivity contribution in [2.45, 2.75) is 26.2 Å². The fraction of sp³-hybridized carbons (Fsp3) is 0.500. The fourth-order valence-electron chi connectivity index (χ4n) is 3.21. The summed E-state index contributed by atoms with van der Waals surface area (Å²) in [5.41, 5.74) is -0.506. The number of Topliss-reactive ketones (excluding diaryl/α,β-unsaturated/α-hetero) is 1. The molecule has 0 spiro atoms. The number of hydrogen-bond donors (Lipinski definition) is 0. The average molecular weight is 316 g/mol. The molecule has 0 amide bonds. The zero-order chi connectivity index (χ0) is 17.0. The molecule has 0 aromatic rings. The monoisotopic (exact) mass is 316 g/mol. The van der Waals surface area contributed by atoms with E-state index in [9.17, 15) is 14.4 Å². The number of ketones is 1. The molecule has 0 aromatic carbocycles. The van der Waals surface area contributed by atoms with Gasteiger partial charge in [0.15, 0.2) is 5.41 Å². The lowest BCUT2D eigenvalue weighted by atomic mass is 9.76. The van der Waals surface area contributed by atoms with Crippen LogP contribution in [0.2, 0.25) is 0 Å². The van der Waals surface area contributed by atoms with Crippen LogP contribution >= 0.6 is 0 Å². The summed E-state index contributed by atoms with van der Waals surface area (Å²) in [6.45, 7) is 1.33. The van der Waals surface area contributed by atoms with E-state index < -0.39 is 17.4 Å². The van der Waals surface area contributed by atoms with Crippen molar-refractivity contribution in [1.29, 1.82) is 0 Å². The first-order chi connectivity index (χ1) is 10.9. The third kappa shape index (κ3) is 3.37. The molecule has 2 bridgehead atoms. The Morgan fingerprint density at radius 2 is 1.87 bits per heavy atom. The molecule has 0 saturated heterocycles. The van der Waals surface area contributed by atoms with Gasteiger partial charge in [-0.2, -0.15) is 0 Å². The number of allylic oxidation sites excluding steroid dienone is 4. The summed E-state index contributed by atoms with van der Waals surface area (Å²) in [4.78, 5) is 35.8. The quantitative estimate of drug-likeness (QED) is 0.254. The predicted molar refractivity (Wildman–Crippen MR) is 83.0 cm³/mol. The number of carbonyl (C=O) groups is 3. The van der Waals surface area contributed by atoms with Crippen LogP contribution in [0.1, 0.15) is 26.2 Å². The van der Waals surface area contributed by atoms with Crippen molar-refractivity contribution in [2.24, 2.45) is 17.3 Å². The highest BCUT2D eigenvalue weighted by Crippen LogP contribution is 2.45. The Bertz CT molecular complexity index is 628. The summed E-state index contributed by atoms with van der Waals surface area (Å²) in [5.74, 6) is 3.93. The van der Waals surface area contributed by atoms with Gasteiger partial charge in [-0.25, -0.2) is 0 Å². The van der Waals surface area contributed by atoms with Gasteiger partial charge in [-0.05, 0) is 30.6 Å². The highest BCUT2D eigenvalue weighted by Gasteiger charge is 2.50. The number of methoxy groups -OCH3 is 2. The number of esters is 2. The van der Waals surface area contributed by atoms with E-state index in [1.54, 1.807) is 0 Å². The third-order valence-corrected chi connectivity index (χ3v) is 4.33. The van der Waals surface area contributed by atoms with Gasteiger partial charge in [-0.3, -0.25) is 14.4 Å². The fourth-order valence-corrected chi connectivity index (χ4v) is 3.21. The van der Waals surface area contributed by atoms with E-state index in [2.05, 4.69) is 30.1 Å². The van der Waals surface area contributed by atoms with Crippen LogP contribution in [0.3, 0.4) is 0 Å². The molecule has 2 aliphatic carbocycles. The molecule has 23 heavy (non-hydrogen) atoms. The van der Waals surface area contributed by atoms with Gasteiger partial charge >= 0.3 is 11.9 Å². The summed E-state index contributed by atoms with van der Waals surface area (Å²) in [6, 6.07) is 0. The molecule has 0 radical (unpaired) electrons. The Balaban J connectivity index is 2.34. The van der Waals surface area contributed by atoms with Crippen LogP contribution in [-0.2, 0) is 23.9 Å². The van der Waals surface area contributed by atoms with E-state index in [-0.39, 0.29) is 24.5 Å². The van der Waals surface area contributed by atoms with E-state index in [0.29, 0.717) is 5.92 Å². The molecule has 2 rings (SSSR count). The number of fused-ring (bicyclic) bond motifs is 2. The van der Waals surface area contributed by atoms with Crippen LogP contribution < -0.4 is 0 Å². The van der Waals surface area contributed by atoms with Gasteiger partial charge in [0.1, 0.15) is 0 Å². The first kappa shape index (κ1) is 17.0. The lowest BCUT2D eigenvalue weighted by Gasteiger charge is -2.28. The minimum Gasteiger partial charge on any atom is -0.468 e. The van der Waals surface area contributed by atoms with Crippen molar-refractivity contribution in [3.05, 3.63) is 23.8 Å². The molecule has 0 aliphatic heterocycles. The molecule has 5 heteroatoms. The topological polar surface area (TPSA) is 69.7 Å². The summed E-state index contributed by atoms with van der Waals surface area (Å²) >= 11 is 0. The number of ether oxygens (including phenoxy) is 2. The summed E-state index contributed by atoms with van der Waals surface area (Å²) in [7, 11) is 2.46. The molecular formula is C18H20O5.